The molecule has 0 fully saturated rings. The first-order chi connectivity index (χ1) is 12.3. The van der Waals surface area contributed by atoms with Crippen molar-refractivity contribution in [2.45, 2.75) is 13.1 Å². The van der Waals surface area contributed by atoms with Gasteiger partial charge in [0.1, 0.15) is 23.1 Å². The smallest absolute Gasteiger partial charge is 0.416 e. The number of nitrogens with one attached hydrogen (secondary N) is 1. The van der Waals surface area contributed by atoms with Gasteiger partial charge >= 0.3 is 6.18 Å². The van der Waals surface area contributed by atoms with E-state index in [0.717, 1.165) is 17.7 Å². The molecule has 0 unspecified atom stereocenters. The van der Waals surface area contributed by atoms with Crippen molar-refractivity contribution in [2.24, 2.45) is 4.99 Å². The van der Waals surface area contributed by atoms with Gasteiger partial charge in [0.05, 0.1) is 11.3 Å². The largest absolute Gasteiger partial charge is 0.484 e. The van der Waals surface area contributed by atoms with Gasteiger partial charge in [-0.2, -0.15) is 13.2 Å². The maximum Gasteiger partial charge on any atom is 0.416 e. The van der Waals surface area contributed by atoms with Crippen molar-refractivity contribution < 1.29 is 22.7 Å². The molecule has 1 aliphatic rings. The van der Waals surface area contributed by atoms with E-state index in [9.17, 15) is 18.0 Å². The van der Waals surface area contributed by atoms with Crippen LogP contribution in [0.1, 0.15) is 11.1 Å². The third-order valence-electron chi connectivity index (χ3n) is 3.55. The molecule has 4 nitrogen and oxygen atoms in total. The molecule has 1 amide bonds. The van der Waals surface area contributed by atoms with Gasteiger partial charge in [-0.15, -0.1) is 0 Å². The quantitative estimate of drug-likeness (QED) is 0.832. The lowest BCUT2D eigenvalue weighted by Crippen LogP contribution is -2.19. The van der Waals surface area contributed by atoms with Crippen LogP contribution in [0.3, 0.4) is 0 Å². The first-order valence-corrected chi connectivity index (χ1v) is 8.71. The Morgan fingerprint density at radius 2 is 2.08 bits per heavy atom. The third kappa shape index (κ3) is 4.57. The number of rotatable bonds is 3. The van der Waals surface area contributed by atoms with Crippen molar-refractivity contribution in [1.82, 2.24) is 0 Å². The molecule has 0 bridgehead atoms. The molecule has 0 spiro atoms. The van der Waals surface area contributed by atoms with Crippen molar-refractivity contribution in [2.75, 3.05) is 17.7 Å². The molecule has 2 aromatic carbocycles. The monoisotopic (exact) mass is 380 g/mol. The van der Waals surface area contributed by atoms with Crippen LogP contribution in [-0.2, 0) is 11.0 Å². The molecule has 1 heterocycles. The number of hydrogen-bond acceptors (Lipinski definition) is 4. The Kier molecular flexibility index (Phi) is 5.22. The van der Waals surface area contributed by atoms with Crippen molar-refractivity contribution in [3.05, 3.63) is 53.6 Å². The van der Waals surface area contributed by atoms with Crippen molar-refractivity contribution >= 4 is 34.1 Å². The van der Waals surface area contributed by atoms with Gasteiger partial charge in [0.15, 0.2) is 0 Å². The molecule has 0 aromatic heterocycles. The predicted octanol–water partition coefficient (Wildman–Crippen LogP) is 4.81. The van der Waals surface area contributed by atoms with E-state index in [0.29, 0.717) is 16.5 Å². The minimum absolute atomic E-state index is 0.0274. The van der Waals surface area contributed by atoms with Crippen LogP contribution in [0.5, 0.6) is 5.75 Å². The van der Waals surface area contributed by atoms with Crippen LogP contribution in [-0.4, -0.2) is 23.3 Å². The second-order valence-electron chi connectivity index (χ2n) is 5.68. The van der Waals surface area contributed by atoms with E-state index in [-0.39, 0.29) is 18.0 Å². The molecule has 8 heteroatoms. The molecule has 0 saturated carbocycles. The highest BCUT2D eigenvalue weighted by atomic mass is 32.2. The molecule has 136 valence electrons. The van der Waals surface area contributed by atoms with Gasteiger partial charge in [-0.25, -0.2) is 4.99 Å². The minimum atomic E-state index is -4.45. The number of carbonyl (C=O) groups excluding carboxylic acids is 1. The van der Waals surface area contributed by atoms with Gasteiger partial charge in [-0.3, -0.25) is 4.79 Å². The zero-order valence-electron chi connectivity index (χ0n) is 13.8. The fourth-order valence-corrected chi connectivity index (χ4v) is 3.01. The number of carbonyl (C=O) groups is 1. The second kappa shape index (κ2) is 7.41. The molecule has 1 aliphatic heterocycles. The molecular weight excluding hydrogens is 365 g/mol. The zero-order chi connectivity index (χ0) is 18.7. The normalized spacial score (nSPS) is 13.5. The summed E-state index contributed by atoms with van der Waals surface area (Å²) in [7, 11) is 0. The summed E-state index contributed by atoms with van der Waals surface area (Å²) < 4.78 is 43.7. The summed E-state index contributed by atoms with van der Waals surface area (Å²) in [5.41, 5.74) is 1.05. The Morgan fingerprint density at radius 1 is 1.27 bits per heavy atom. The summed E-state index contributed by atoms with van der Waals surface area (Å²) in [4.78, 5) is 16.5. The van der Waals surface area contributed by atoms with Gasteiger partial charge in [-0.1, -0.05) is 23.9 Å². The number of thioether (sulfide) groups is 1. The van der Waals surface area contributed by atoms with Crippen molar-refractivity contribution in [1.29, 1.82) is 0 Å². The molecule has 0 atom stereocenters. The van der Waals surface area contributed by atoms with Crippen LogP contribution in [0.4, 0.5) is 24.5 Å². The topological polar surface area (TPSA) is 50.7 Å². The maximum atomic E-state index is 12.7. The molecule has 2 aromatic rings. The molecule has 0 aliphatic carbocycles. The Hall–Kier alpha value is -2.48. The van der Waals surface area contributed by atoms with Crippen LogP contribution in [0.25, 0.3) is 0 Å². The number of aliphatic imine (C=N–C) groups is 1. The first kappa shape index (κ1) is 18.3. The number of hydrogen-bond donors (Lipinski definition) is 1. The van der Waals surface area contributed by atoms with E-state index in [1.165, 1.54) is 23.9 Å². The van der Waals surface area contributed by atoms with Gasteiger partial charge in [-0.05, 0) is 42.8 Å². The van der Waals surface area contributed by atoms with Crippen molar-refractivity contribution in [3.63, 3.8) is 0 Å². The molecule has 0 saturated heterocycles. The number of ether oxygens (including phenoxy) is 1. The lowest BCUT2D eigenvalue weighted by atomic mass is 10.2. The fourth-order valence-electron chi connectivity index (χ4n) is 2.34. The number of fused-ring (bicyclic) bond motifs is 1. The summed E-state index contributed by atoms with van der Waals surface area (Å²) in [5, 5.41) is 3.11. The number of anilines is 1. The number of amides is 1. The summed E-state index contributed by atoms with van der Waals surface area (Å²) in [6, 6.07) is 10.2. The van der Waals surface area contributed by atoms with E-state index < -0.39 is 17.6 Å². The van der Waals surface area contributed by atoms with E-state index in [4.69, 9.17) is 4.74 Å². The average molecular weight is 380 g/mol. The number of aryl methyl sites for hydroxylation is 1. The predicted molar refractivity (Wildman–Crippen MR) is 96.3 cm³/mol. The Bertz CT molecular complexity index is 866. The van der Waals surface area contributed by atoms with Crippen LogP contribution >= 0.6 is 11.8 Å². The first-order valence-electron chi connectivity index (χ1n) is 7.72. The fraction of sp³-hybridized carbons (Fsp3) is 0.222. The van der Waals surface area contributed by atoms with Crippen molar-refractivity contribution in [3.8, 4) is 5.75 Å². The summed E-state index contributed by atoms with van der Waals surface area (Å²) in [6.07, 6.45) is -4.45. The van der Waals surface area contributed by atoms with Gasteiger partial charge in [0.2, 0.25) is 5.91 Å². The van der Waals surface area contributed by atoms with E-state index in [1.807, 2.05) is 25.1 Å². The van der Waals surface area contributed by atoms with E-state index in [1.54, 1.807) is 0 Å². The lowest BCUT2D eigenvalue weighted by molar-refractivity contribution is -0.137. The molecule has 26 heavy (non-hydrogen) atoms. The molecular formula is C18H15F3N2O2S. The number of nitrogens with zero attached hydrogens (tertiary/aromatic N) is 1. The highest BCUT2D eigenvalue weighted by Gasteiger charge is 2.30. The summed E-state index contributed by atoms with van der Waals surface area (Å²) in [6.45, 7) is 2.21. The van der Waals surface area contributed by atoms with Crippen LogP contribution < -0.4 is 10.1 Å². The molecule has 0 radical (unpaired) electrons. The number of benzene rings is 2. The number of halogens is 3. The average Bonchev–Trinajstić information content (AvgIpc) is 2.59. The summed E-state index contributed by atoms with van der Waals surface area (Å²) >= 11 is 1.19. The van der Waals surface area contributed by atoms with Gasteiger partial charge in [0, 0.05) is 5.69 Å². The van der Waals surface area contributed by atoms with Crippen LogP contribution in [0, 0.1) is 6.92 Å². The molecule has 1 N–H and O–H groups in total. The van der Waals surface area contributed by atoms with Crippen LogP contribution in [0.15, 0.2) is 47.5 Å². The Morgan fingerprint density at radius 3 is 2.85 bits per heavy atom. The maximum absolute atomic E-state index is 12.7. The highest BCUT2D eigenvalue weighted by Crippen LogP contribution is 2.33. The zero-order valence-corrected chi connectivity index (χ0v) is 14.6. The molecule has 3 rings (SSSR count). The number of alkyl halides is 3. The highest BCUT2D eigenvalue weighted by molar-refractivity contribution is 8.14. The second-order valence-corrected chi connectivity index (χ2v) is 6.73. The SMILES string of the molecule is Cc1ccc2c(c1)N=C(SCC(=O)Nc1cccc(C(F)(F)F)c1)CO2. The van der Waals surface area contributed by atoms with Crippen LogP contribution in [0.2, 0.25) is 0 Å². The van der Waals surface area contributed by atoms with Gasteiger partial charge in [0.25, 0.3) is 0 Å². The minimum Gasteiger partial charge on any atom is -0.484 e. The third-order valence-corrected chi connectivity index (χ3v) is 4.50. The Balaban J connectivity index is 1.60. The summed E-state index contributed by atoms with van der Waals surface area (Å²) in [5.74, 6) is 0.306. The standard InChI is InChI=1S/C18H15F3N2O2S/c1-11-5-6-15-14(7-11)23-17(9-25-15)26-10-16(24)22-13-4-2-3-12(8-13)18(19,20)21/h2-8H,9-10H2,1H3,(H,22,24). The van der Waals surface area contributed by atoms with E-state index in [2.05, 4.69) is 10.3 Å². The van der Waals surface area contributed by atoms with Gasteiger partial charge < -0.3 is 10.1 Å². The Labute approximate surface area is 152 Å². The lowest BCUT2D eigenvalue weighted by Gasteiger charge is -2.16. The van der Waals surface area contributed by atoms with E-state index >= 15 is 0 Å².